The van der Waals surface area contributed by atoms with Crippen LogP contribution in [0.25, 0.3) is 11.0 Å². The van der Waals surface area contributed by atoms with E-state index in [1.165, 1.54) is 6.26 Å². The fraction of sp³-hybridized carbons (Fsp3) is 0.500. The number of para-hydroxylation sites is 1. The summed E-state index contributed by atoms with van der Waals surface area (Å²) in [6, 6.07) is 7.92. The van der Waals surface area contributed by atoms with Crippen LogP contribution in [-0.4, -0.2) is 26.0 Å². The van der Waals surface area contributed by atoms with Crippen molar-refractivity contribution in [3.63, 3.8) is 0 Å². The first kappa shape index (κ1) is 16.0. The van der Waals surface area contributed by atoms with Crippen molar-refractivity contribution in [2.24, 2.45) is 0 Å². The summed E-state index contributed by atoms with van der Waals surface area (Å²) >= 11 is 0. The Morgan fingerprint density at radius 3 is 2.52 bits per heavy atom. The standard InChI is InChI=1S/C16H23NO3S/c1-11(17-10-16(3,4)21(5,18)19)15-12(2)20-14-9-7-6-8-13(14)15/h6-9,11,17H,10H2,1-5H3. The maximum Gasteiger partial charge on any atom is 0.153 e. The molecule has 0 spiro atoms. The molecule has 1 atom stereocenters. The SMILES string of the molecule is Cc1oc2ccccc2c1C(C)NCC(C)(C)S(C)(=O)=O. The molecular formula is C16H23NO3S. The molecule has 1 aromatic carbocycles. The van der Waals surface area contributed by atoms with E-state index in [9.17, 15) is 8.42 Å². The molecule has 1 aromatic heterocycles. The highest BCUT2D eigenvalue weighted by molar-refractivity contribution is 7.92. The number of hydrogen-bond donors (Lipinski definition) is 1. The van der Waals surface area contributed by atoms with Gasteiger partial charge in [-0.25, -0.2) is 8.42 Å². The smallest absolute Gasteiger partial charge is 0.153 e. The van der Waals surface area contributed by atoms with Crippen LogP contribution >= 0.6 is 0 Å². The van der Waals surface area contributed by atoms with E-state index in [1.807, 2.05) is 38.1 Å². The average Bonchev–Trinajstić information content (AvgIpc) is 2.70. The number of benzene rings is 1. The lowest BCUT2D eigenvalue weighted by Crippen LogP contribution is -2.42. The van der Waals surface area contributed by atoms with Crippen LogP contribution in [0.3, 0.4) is 0 Å². The molecule has 0 amide bonds. The van der Waals surface area contributed by atoms with E-state index in [1.54, 1.807) is 13.8 Å². The first-order valence-electron chi connectivity index (χ1n) is 7.04. The third-order valence-electron chi connectivity index (χ3n) is 4.09. The summed E-state index contributed by atoms with van der Waals surface area (Å²) < 4.78 is 28.5. The van der Waals surface area contributed by atoms with Gasteiger partial charge in [-0.3, -0.25) is 0 Å². The van der Waals surface area contributed by atoms with Gasteiger partial charge >= 0.3 is 0 Å². The summed E-state index contributed by atoms with van der Waals surface area (Å²) in [5.74, 6) is 0.869. The number of fused-ring (bicyclic) bond motifs is 1. The molecular weight excluding hydrogens is 286 g/mol. The van der Waals surface area contributed by atoms with Crippen LogP contribution in [0.15, 0.2) is 28.7 Å². The van der Waals surface area contributed by atoms with Crippen LogP contribution in [-0.2, 0) is 9.84 Å². The maximum absolute atomic E-state index is 11.8. The quantitative estimate of drug-likeness (QED) is 0.921. The van der Waals surface area contributed by atoms with Gasteiger partial charge in [-0.05, 0) is 33.8 Å². The summed E-state index contributed by atoms with van der Waals surface area (Å²) in [6.07, 6.45) is 1.28. The molecule has 21 heavy (non-hydrogen) atoms. The minimum atomic E-state index is -3.11. The summed E-state index contributed by atoms with van der Waals surface area (Å²) in [6.45, 7) is 7.84. The molecule has 0 bridgehead atoms. The van der Waals surface area contributed by atoms with E-state index in [0.29, 0.717) is 6.54 Å². The first-order valence-corrected chi connectivity index (χ1v) is 8.93. The normalized spacial score (nSPS) is 14.5. The highest BCUT2D eigenvalue weighted by Crippen LogP contribution is 2.30. The Kier molecular flexibility index (Phi) is 4.17. The van der Waals surface area contributed by atoms with E-state index < -0.39 is 14.6 Å². The second kappa shape index (κ2) is 5.46. The number of furan rings is 1. The van der Waals surface area contributed by atoms with E-state index in [-0.39, 0.29) is 6.04 Å². The molecule has 1 N–H and O–H groups in total. The van der Waals surface area contributed by atoms with Gasteiger partial charge in [0.1, 0.15) is 11.3 Å². The molecule has 1 unspecified atom stereocenters. The fourth-order valence-electron chi connectivity index (χ4n) is 2.36. The third kappa shape index (κ3) is 3.14. The molecule has 2 rings (SSSR count). The van der Waals surface area contributed by atoms with Crippen LogP contribution < -0.4 is 5.32 Å². The Labute approximate surface area is 126 Å². The Bertz CT molecular complexity index is 744. The van der Waals surface area contributed by atoms with Crippen LogP contribution in [0.1, 0.15) is 38.1 Å². The van der Waals surface area contributed by atoms with Gasteiger partial charge in [0.05, 0.1) is 4.75 Å². The lowest BCUT2D eigenvalue weighted by Gasteiger charge is -2.25. The van der Waals surface area contributed by atoms with Gasteiger partial charge < -0.3 is 9.73 Å². The molecule has 0 fully saturated rings. The van der Waals surface area contributed by atoms with Gasteiger partial charge in [0, 0.05) is 29.8 Å². The van der Waals surface area contributed by atoms with E-state index in [2.05, 4.69) is 5.32 Å². The molecule has 0 saturated heterocycles. The molecule has 2 aromatic rings. The van der Waals surface area contributed by atoms with Gasteiger partial charge in [0.25, 0.3) is 0 Å². The van der Waals surface area contributed by atoms with Crippen molar-refractivity contribution in [2.45, 2.75) is 38.5 Å². The van der Waals surface area contributed by atoms with Gasteiger partial charge in [-0.1, -0.05) is 18.2 Å². The molecule has 0 radical (unpaired) electrons. The molecule has 4 nitrogen and oxygen atoms in total. The van der Waals surface area contributed by atoms with Gasteiger partial charge in [0.15, 0.2) is 9.84 Å². The Balaban J connectivity index is 2.24. The number of hydrogen-bond acceptors (Lipinski definition) is 4. The van der Waals surface area contributed by atoms with Crippen molar-refractivity contribution in [1.29, 1.82) is 0 Å². The number of sulfone groups is 1. The van der Waals surface area contributed by atoms with Crippen LogP contribution in [0.2, 0.25) is 0 Å². The molecule has 116 valence electrons. The van der Waals surface area contributed by atoms with Crippen molar-refractivity contribution < 1.29 is 12.8 Å². The molecule has 1 heterocycles. The topological polar surface area (TPSA) is 59.3 Å². The first-order chi connectivity index (χ1) is 9.63. The molecule has 0 aliphatic heterocycles. The predicted octanol–water partition coefficient (Wildman–Crippen LogP) is 3.22. The van der Waals surface area contributed by atoms with E-state index in [0.717, 1.165) is 22.3 Å². The Morgan fingerprint density at radius 1 is 1.29 bits per heavy atom. The van der Waals surface area contributed by atoms with E-state index in [4.69, 9.17) is 4.42 Å². The van der Waals surface area contributed by atoms with Crippen LogP contribution in [0.5, 0.6) is 0 Å². The number of aryl methyl sites for hydroxylation is 1. The lowest BCUT2D eigenvalue weighted by molar-refractivity contribution is 0.482. The van der Waals surface area contributed by atoms with Gasteiger partial charge in [-0.2, -0.15) is 0 Å². The van der Waals surface area contributed by atoms with Crippen LogP contribution in [0.4, 0.5) is 0 Å². The molecule has 0 aliphatic rings. The van der Waals surface area contributed by atoms with Crippen molar-refractivity contribution >= 4 is 20.8 Å². The zero-order valence-electron chi connectivity index (χ0n) is 13.2. The summed E-state index contributed by atoms with van der Waals surface area (Å²) in [5, 5.41) is 4.40. The zero-order chi connectivity index (χ0) is 15.8. The fourth-order valence-corrected chi connectivity index (χ4v) is 2.70. The van der Waals surface area contributed by atoms with Gasteiger partial charge in [-0.15, -0.1) is 0 Å². The molecule has 0 saturated carbocycles. The second-order valence-electron chi connectivity index (χ2n) is 6.20. The molecule has 5 heteroatoms. The minimum Gasteiger partial charge on any atom is -0.461 e. The maximum atomic E-state index is 11.8. The number of rotatable bonds is 5. The summed E-state index contributed by atoms with van der Waals surface area (Å²) in [4.78, 5) is 0. The van der Waals surface area contributed by atoms with Crippen LogP contribution in [0, 0.1) is 6.92 Å². The third-order valence-corrected chi connectivity index (χ3v) is 6.24. The summed E-state index contributed by atoms with van der Waals surface area (Å²) in [5.41, 5.74) is 1.95. The lowest BCUT2D eigenvalue weighted by atomic mass is 10.0. The zero-order valence-corrected chi connectivity index (χ0v) is 14.0. The summed E-state index contributed by atoms with van der Waals surface area (Å²) in [7, 11) is -3.11. The predicted molar refractivity (Wildman–Crippen MR) is 86.3 cm³/mol. The monoisotopic (exact) mass is 309 g/mol. The Morgan fingerprint density at radius 2 is 1.90 bits per heavy atom. The highest BCUT2D eigenvalue weighted by Gasteiger charge is 2.30. The van der Waals surface area contributed by atoms with Crippen molar-refractivity contribution in [3.8, 4) is 0 Å². The minimum absolute atomic E-state index is 0.0228. The molecule has 0 aliphatic carbocycles. The van der Waals surface area contributed by atoms with Crippen molar-refractivity contribution in [1.82, 2.24) is 5.32 Å². The van der Waals surface area contributed by atoms with Gasteiger partial charge in [0.2, 0.25) is 0 Å². The Hall–Kier alpha value is -1.33. The number of nitrogens with one attached hydrogen (secondary N) is 1. The van der Waals surface area contributed by atoms with Crippen molar-refractivity contribution in [3.05, 3.63) is 35.6 Å². The van der Waals surface area contributed by atoms with E-state index >= 15 is 0 Å². The highest BCUT2D eigenvalue weighted by atomic mass is 32.2. The second-order valence-corrected chi connectivity index (χ2v) is 8.85. The van der Waals surface area contributed by atoms with Crippen molar-refractivity contribution in [2.75, 3.05) is 12.8 Å². The largest absolute Gasteiger partial charge is 0.461 e. The average molecular weight is 309 g/mol.